The molecule has 1 aliphatic rings. The molecular weight excluding hydrogens is 212 g/mol. The maximum Gasteiger partial charge on any atom is 0.0619 e. The van der Waals surface area contributed by atoms with Gasteiger partial charge in [0.05, 0.1) is 6.61 Å². The standard InChI is InChI=1S/C14H30N2O/c1-5-12(3)14-10-16(9-7-8-15-14)13(4)11-17-6-2/h12-15H,5-11H2,1-4H3. The topological polar surface area (TPSA) is 24.5 Å². The van der Waals surface area contributed by atoms with Crippen molar-refractivity contribution in [1.82, 2.24) is 10.2 Å². The molecule has 1 saturated heterocycles. The van der Waals surface area contributed by atoms with Gasteiger partial charge in [-0.25, -0.2) is 0 Å². The van der Waals surface area contributed by atoms with Crippen molar-refractivity contribution in [3.05, 3.63) is 0 Å². The van der Waals surface area contributed by atoms with E-state index in [4.69, 9.17) is 4.74 Å². The van der Waals surface area contributed by atoms with Gasteiger partial charge in [-0.05, 0) is 39.3 Å². The van der Waals surface area contributed by atoms with E-state index in [9.17, 15) is 0 Å². The molecular formula is C14H30N2O. The fourth-order valence-corrected chi connectivity index (χ4v) is 2.44. The van der Waals surface area contributed by atoms with Crippen molar-refractivity contribution >= 4 is 0 Å². The van der Waals surface area contributed by atoms with Crippen LogP contribution in [0.1, 0.15) is 40.5 Å². The SMILES string of the molecule is CCOCC(C)N1CCCNC(C(C)CC)C1. The first kappa shape index (κ1) is 14.9. The maximum atomic E-state index is 5.55. The molecule has 3 nitrogen and oxygen atoms in total. The number of ether oxygens (including phenoxy) is 1. The number of hydrogen-bond donors (Lipinski definition) is 1. The minimum atomic E-state index is 0.543. The summed E-state index contributed by atoms with van der Waals surface area (Å²) in [6, 6.07) is 1.19. The Labute approximate surface area is 107 Å². The molecule has 0 aromatic heterocycles. The van der Waals surface area contributed by atoms with Gasteiger partial charge in [0.1, 0.15) is 0 Å². The third-order valence-electron chi connectivity index (χ3n) is 3.98. The lowest BCUT2D eigenvalue weighted by Crippen LogP contribution is -2.46. The maximum absolute atomic E-state index is 5.55. The van der Waals surface area contributed by atoms with E-state index in [1.54, 1.807) is 0 Å². The summed E-state index contributed by atoms with van der Waals surface area (Å²) in [4.78, 5) is 2.59. The highest BCUT2D eigenvalue weighted by atomic mass is 16.5. The average molecular weight is 242 g/mol. The molecule has 1 aliphatic heterocycles. The van der Waals surface area contributed by atoms with Crippen LogP contribution in [0.25, 0.3) is 0 Å². The summed E-state index contributed by atoms with van der Waals surface area (Å²) < 4.78 is 5.55. The summed E-state index contributed by atoms with van der Waals surface area (Å²) in [5.41, 5.74) is 0. The van der Waals surface area contributed by atoms with Gasteiger partial charge in [0.25, 0.3) is 0 Å². The first-order valence-corrected chi connectivity index (χ1v) is 7.24. The lowest BCUT2D eigenvalue weighted by molar-refractivity contribution is 0.0696. The van der Waals surface area contributed by atoms with Crippen molar-refractivity contribution in [2.24, 2.45) is 5.92 Å². The van der Waals surface area contributed by atoms with Gasteiger partial charge in [0.15, 0.2) is 0 Å². The minimum Gasteiger partial charge on any atom is -0.380 e. The van der Waals surface area contributed by atoms with Gasteiger partial charge >= 0.3 is 0 Å². The molecule has 0 radical (unpaired) electrons. The average Bonchev–Trinajstić information content (AvgIpc) is 2.60. The molecule has 1 heterocycles. The molecule has 1 rings (SSSR count). The summed E-state index contributed by atoms with van der Waals surface area (Å²) in [5.74, 6) is 0.759. The predicted molar refractivity (Wildman–Crippen MR) is 73.4 cm³/mol. The molecule has 0 spiro atoms. The van der Waals surface area contributed by atoms with E-state index in [0.717, 1.165) is 25.7 Å². The van der Waals surface area contributed by atoms with Crippen LogP contribution in [-0.4, -0.2) is 49.8 Å². The smallest absolute Gasteiger partial charge is 0.0619 e. The summed E-state index contributed by atoms with van der Waals surface area (Å²) in [6.45, 7) is 14.2. The van der Waals surface area contributed by atoms with Gasteiger partial charge in [-0.2, -0.15) is 0 Å². The zero-order chi connectivity index (χ0) is 12.7. The molecule has 17 heavy (non-hydrogen) atoms. The fraction of sp³-hybridized carbons (Fsp3) is 1.00. The number of nitrogens with zero attached hydrogens (tertiary/aromatic N) is 1. The Morgan fingerprint density at radius 1 is 1.35 bits per heavy atom. The van der Waals surface area contributed by atoms with Crippen LogP contribution < -0.4 is 5.32 Å². The Morgan fingerprint density at radius 2 is 2.12 bits per heavy atom. The minimum absolute atomic E-state index is 0.543. The Bertz CT molecular complexity index is 199. The van der Waals surface area contributed by atoms with Crippen LogP contribution in [0.2, 0.25) is 0 Å². The van der Waals surface area contributed by atoms with Crippen LogP contribution in [0.15, 0.2) is 0 Å². The third kappa shape index (κ3) is 4.94. The van der Waals surface area contributed by atoms with Crippen molar-refractivity contribution < 1.29 is 4.74 Å². The number of nitrogens with one attached hydrogen (secondary N) is 1. The molecule has 3 heteroatoms. The summed E-state index contributed by atoms with van der Waals surface area (Å²) in [7, 11) is 0. The predicted octanol–water partition coefficient (Wildman–Crippen LogP) is 2.12. The van der Waals surface area contributed by atoms with Crippen LogP contribution in [0, 0.1) is 5.92 Å². The molecule has 1 fully saturated rings. The lowest BCUT2D eigenvalue weighted by atomic mass is 9.98. The highest BCUT2D eigenvalue weighted by molar-refractivity contribution is 4.82. The van der Waals surface area contributed by atoms with Crippen LogP contribution >= 0.6 is 0 Å². The molecule has 3 unspecified atom stereocenters. The Kier molecular flexibility index (Phi) is 7.09. The molecule has 3 atom stereocenters. The summed E-state index contributed by atoms with van der Waals surface area (Å²) >= 11 is 0. The highest BCUT2D eigenvalue weighted by Crippen LogP contribution is 2.14. The lowest BCUT2D eigenvalue weighted by Gasteiger charge is -2.32. The van der Waals surface area contributed by atoms with E-state index in [2.05, 4.69) is 37.9 Å². The zero-order valence-corrected chi connectivity index (χ0v) is 12.0. The Balaban J connectivity index is 2.47. The van der Waals surface area contributed by atoms with Gasteiger partial charge in [0.2, 0.25) is 0 Å². The van der Waals surface area contributed by atoms with Gasteiger partial charge in [-0.1, -0.05) is 20.3 Å². The normalized spacial score (nSPS) is 26.5. The van der Waals surface area contributed by atoms with Crippen LogP contribution in [0.5, 0.6) is 0 Å². The van der Waals surface area contributed by atoms with Crippen molar-refractivity contribution in [3.63, 3.8) is 0 Å². The highest BCUT2D eigenvalue weighted by Gasteiger charge is 2.24. The van der Waals surface area contributed by atoms with Crippen molar-refractivity contribution in [1.29, 1.82) is 0 Å². The third-order valence-corrected chi connectivity index (χ3v) is 3.98. The molecule has 0 aliphatic carbocycles. The van der Waals surface area contributed by atoms with E-state index in [1.165, 1.54) is 25.9 Å². The van der Waals surface area contributed by atoms with Crippen LogP contribution in [0.4, 0.5) is 0 Å². The largest absolute Gasteiger partial charge is 0.380 e. The van der Waals surface area contributed by atoms with Crippen LogP contribution in [0.3, 0.4) is 0 Å². The molecule has 0 aromatic rings. The van der Waals surface area contributed by atoms with Gasteiger partial charge < -0.3 is 10.1 Å². The van der Waals surface area contributed by atoms with E-state index in [-0.39, 0.29) is 0 Å². The van der Waals surface area contributed by atoms with Crippen molar-refractivity contribution in [2.45, 2.75) is 52.6 Å². The molecule has 0 bridgehead atoms. The molecule has 1 N–H and O–H groups in total. The molecule has 0 aromatic carbocycles. The Hall–Kier alpha value is -0.120. The van der Waals surface area contributed by atoms with Crippen molar-refractivity contribution in [2.75, 3.05) is 32.8 Å². The van der Waals surface area contributed by atoms with E-state index in [1.807, 2.05) is 0 Å². The summed E-state index contributed by atoms with van der Waals surface area (Å²) in [5, 5.41) is 3.69. The Morgan fingerprint density at radius 3 is 2.76 bits per heavy atom. The van der Waals surface area contributed by atoms with E-state index >= 15 is 0 Å². The summed E-state index contributed by atoms with van der Waals surface area (Å²) in [6.07, 6.45) is 2.51. The first-order chi connectivity index (χ1) is 8.19. The fourth-order valence-electron chi connectivity index (χ4n) is 2.44. The van der Waals surface area contributed by atoms with E-state index < -0.39 is 0 Å². The number of rotatable bonds is 6. The quantitative estimate of drug-likeness (QED) is 0.772. The van der Waals surface area contributed by atoms with Crippen molar-refractivity contribution in [3.8, 4) is 0 Å². The van der Waals surface area contributed by atoms with Crippen LogP contribution in [-0.2, 0) is 4.74 Å². The first-order valence-electron chi connectivity index (χ1n) is 7.24. The second-order valence-electron chi connectivity index (χ2n) is 5.30. The molecule has 102 valence electrons. The zero-order valence-electron chi connectivity index (χ0n) is 12.0. The molecule has 0 amide bonds. The molecule has 0 saturated carbocycles. The number of hydrogen-bond acceptors (Lipinski definition) is 3. The second kappa shape index (κ2) is 8.06. The second-order valence-corrected chi connectivity index (χ2v) is 5.30. The van der Waals surface area contributed by atoms with Gasteiger partial charge in [-0.3, -0.25) is 4.90 Å². The van der Waals surface area contributed by atoms with Gasteiger partial charge in [0, 0.05) is 25.2 Å². The van der Waals surface area contributed by atoms with E-state index in [0.29, 0.717) is 12.1 Å². The monoisotopic (exact) mass is 242 g/mol. The van der Waals surface area contributed by atoms with Gasteiger partial charge in [-0.15, -0.1) is 0 Å².